The number of hydrogen-bond acceptors (Lipinski definition) is 3. The second-order valence-corrected chi connectivity index (χ2v) is 5.87. The fourth-order valence-corrected chi connectivity index (χ4v) is 3.25. The quantitative estimate of drug-likeness (QED) is 0.668. The Morgan fingerprint density at radius 2 is 1.95 bits per heavy atom. The third-order valence-corrected chi connectivity index (χ3v) is 4.60. The van der Waals surface area contributed by atoms with Crippen molar-refractivity contribution in [3.63, 3.8) is 0 Å². The van der Waals surface area contributed by atoms with Gasteiger partial charge < -0.3 is 10.3 Å². The van der Waals surface area contributed by atoms with Gasteiger partial charge in [-0.15, -0.1) is 0 Å². The molecule has 1 aliphatic rings. The molecule has 1 heterocycles. The Morgan fingerprint density at radius 3 is 2.55 bits per heavy atom. The van der Waals surface area contributed by atoms with Crippen LogP contribution in [0.1, 0.15) is 25.3 Å². The van der Waals surface area contributed by atoms with E-state index in [1.54, 1.807) is 19.1 Å². The van der Waals surface area contributed by atoms with Crippen molar-refractivity contribution >= 4 is 26.9 Å². The molecule has 1 aliphatic heterocycles. The Hall–Kier alpha value is -1.40. The molecule has 1 N–H and O–H groups in total. The Balaban J connectivity index is 2.56. The highest BCUT2D eigenvalue weighted by Gasteiger charge is 2.24. The number of halogens is 1. The molecule has 0 radical (unpaired) electrons. The van der Waals surface area contributed by atoms with Crippen LogP contribution >= 0.6 is 11.6 Å². The molecule has 2 rings (SSSR count). The largest absolute Gasteiger partial charge is 0.623 e. The highest BCUT2D eigenvalue weighted by Crippen LogP contribution is 2.32. The summed E-state index contributed by atoms with van der Waals surface area (Å²) >= 11 is 6.17. The lowest BCUT2D eigenvalue weighted by molar-refractivity contribution is -0.680. The molecule has 1 aromatic carbocycles. The molecule has 0 aromatic heterocycles. The van der Waals surface area contributed by atoms with Crippen LogP contribution in [0.15, 0.2) is 47.7 Å². The summed E-state index contributed by atoms with van der Waals surface area (Å²) in [5.41, 5.74) is 2.17. The van der Waals surface area contributed by atoms with Crippen molar-refractivity contribution in [3.8, 4) is 0 Å². The summed E-state index contributed by atoms with van der Waals surface area (Å²) < 4.78 is 22.4. The first-order chi connectivity index (χ1) is 9.43. The van der Waals surface area contributed by atoms with Crippen molar-refractivity contribution in [2.45, 2.75) is 19.8 Å². The first-order valence-electron chi connectivity index (χ1n) is 6.07. The van der Waals surface area contributed by atoms with Gasteiger partial charge in [-0.3, -0.25) is 0 Å². The average molecular weight is 312 g/mol. The number of allylic oxidation sites excluding steroid dienone is 2. The minimum atomic E-state index is -2.54. The molecule has 0 amide bonds. The lowest BCUT2D eigenvalue weighted by Gasteiger charge is -2.25. The zero-order valence-electron chi connectivity index (χ0n) is 11.1. The number of hydroxylamine groups is 2. The van der Waals surface area contributed by atoms with E-state index in [4.69, 9.17) is 11.6 Å². The van der Waals surface area contributed by atoms with Crippen molar-refractivity contribution in [1.82, 2.24) is 0 Å². The van der Waals surface area contributed by atoms with Crippen molar-refractivity contribution < 1.29 is 13.5 Å². The normalized spacial score (nSPS) is 20.2. The van der Waals surface area contributed by atoms with Crippen LogP contribution in [-0.2, 0) is 10.3 Å². The van der Waals surface area contributed by atoms with E-state index in [-0.39, 0.29) is 10.9 Å². The summed E-state index contributed by atoms with van der Waals surface area (Å²) in [6.07, 6.45) is 2.96. The summed E-state index contributed by atoms with van der Waals surface area (Å²) in [4.78, 5) is -0.165. The van der Waals surface area contributed by atoms with Gasteiger partial charge in [0, 0.05) is 16.5 Å². The topological polar surface area (TPSA) is 61.6 Å². The van der Waals surface area contributed by atoms with E-state index >= 15 is 0 Å². The number of benzene rings is 1. The Labute approximate surface area is 124 Å². The van der Waals surface area contributed by atoms with E-state index in [1.807, 2.05) is 25.1 Å². The smallest absolute Gasteiger partial charge is 0.277 e. The van der Waals surface area contributed by atoms with Gasteiger partial charge in [-0.05, 0) is 30.2 Å². The maximum absolute atomic E-state index is 11.6. The van der Waals surface area contributed by atoms with E-state index < -0.39 is 15.4 Å². The first kappa shape index (κ1) is 15.0. The van der Waals surface area contributed by atoms with Crippen molar-refractivity contribution in [2.75, 3.05) is 0 Å². The molecule has 0 aliphatic carbocycles. The second-order valence-electron chi connectivity index (χ2n) is 4.58. The molecule has 0 spiro atoms. The molecule has 0 bridgehead atoms. The van der Waals surface area contributed by atoms with E-state index in [2.05, 4.69) is 0 Å². The summed E-state index contributed by atoms with van der Waals surface area (Å²) in [6, 6.07) is 7.40. The molecule has 2 unspecified atom stereocenters. The van der Waals surface area contributed by atoms with Gasteiger partial charge in [0.1, 0.15) is 6.20 Å². The highest BCUT2D eigenvalue weighted by atomic mass is 35.5. The van der Waals surface area contributed by atoms with Gasteiger partial charge in [0.15, 0.2) is 0 Å². The minimum absolute atomic E-state index is 0.0911. The van der Waals surface area contributed by atoms with Crippen LogP contribution in [0.25, 0.3) is 0 Å². The molecular weight excluding hydrogens is 298 g/mol. The monoisotopic (exact) mass is 311 g/mol. The average Bonchev–Trinajstić information content (AvgIpc) is 2.38. The van der Waals surface area contributed by atoms with Gasteiger partial charge >= 0.3 is 0 Å². The number of nitrogens with one attached hydrogen (secondary N) is 1. The lowest BCUT2D eigenvalue weighted by atomic mass is 9.88. The van der Waals surface area contributed by atoms with Crippen molar-refractivity contribution in [3.05, 3.63) is 63.5 Å². The van der Waals surface area contributed by atoms with Gasteiger partial charge in [-0.1, -0.05) is 36.7 Å². The summed E-state index contributed by atoms with van der Waals surface area (Å²) in [5, 5.41) is 11.8. The van der Waals surface area contributed by atoms with Gasteiger partial charge in [0.2, 0.25) is 0 Å². The maximum atomic E-state index is 11.6. The zero-order valence-corrected chi connectivity index (χ0v) is 12.6. The van der Waals surface area contributed by atoms with Crippen molar-refractivity contribution in [1.29, 1.82) is 0 Å². The van der Waals surface area contributed by atoms with Gasteiger partial charge in [0.25, 0.3) is 15.3 Å². The molecular formula is C14H14ClNO3S. The van der Waals surface area contributed by atoms with Crippen molar-refractivity contribution in [2.24, 2.45) is 0 Å². The molecule has 0 saturated heterocycles. The van der Waals surface area contributed by atoms with Crippen LogP contribution < -0.4 is 5.06 Å². The predicted molar refractivity (Wildman–Crippen MR) is 80.0 cm³/mol. The van der Waals surface area contributed by atoms with E-state index in [9.17, 15) is 13.6 Å². The zero-order chi connectivity index (χ0) is 14.9. The van der Waals surface area contributed by atoms with Crippen LogP contribution in [0.2, 0.25) is 5.02 Å². The molecule has 1 aromatic rings. The fourth-order valence-electron chi connectivity index (χ4n) is 2.35. The van der Waals surface area contributed by atoms with E-state index in [0.29, 0.717) is 10.6 Å². The third-order valence-electron chi connectivity index (χ3n) is 3.42. The molecule has 6 heteroatoms. The van der Waals surface area contributed by atoms with Crippen LogP contribution in [-0.4, -0.2) is 13.4 Å². The molecule has 2 atom stereocenters. The fraction of sp³-hybridized carbons (Fsp3) is 0.214. The molecule has 0 saturated carbocycles. The molecule has 0 fully saturated rings. The number of quaternary nitrogens is 1. The molecule has 20 heavy (non-hydrogen) atoms. The summed E-state index contributed by atoms with van der Waals surface area (Å²) in [7, 11) is -2.54. The molecule has 4 nitrogen and oxygen atoms in total. The third kappa shape index (κ3) is 2.71. The van der Waals surface area contributed by atoms with E-state index in [1.165, 1.54) is 6.20 Å². The highest BCUT2D eigenvalue weighted by molar-refractivity contribution is 7.72. The predicted octanol–water partition coefficient (Wildman–Crippen LogP) is 1.68. The summed E-state index contributed by atoms with van der Waals surface area (Å²) in [5.74, 6) is -0.0911. The Bertz CT molecular complexity index is 727. The summed E-state index contributed by atoms with van der Waals surface area (Å²) in [6.45, 7) is 3.58. The standard InChI is InChI=1S/C14H14ClNO3S/c1-9(12-5-3-4-6-13(12)15)11-7-8-16(17)14(10(11)2)20(18)19/h3-9,16H,1-2H3. The van der Waals surface area contributed by atoms with Gasteiger partial charge in [-0.25, -0.2) is 0 Å². The SMILES string of the molecule is CC1=C(C(C)c2ccccc2Cl)C=C[NH+]([O-])C1=S(=O)=O. The van der Waals surface area contributed by atoms with Crippen LogP contribution in [0.3, 0.4) is 0 Å². The number of rotatable bonds is 2. The lowest BCUT2D eigenvalue weighted by Crippen LogP contribution is -3.06. The number of hydrogen-bond donors (Lipinski definition) is 1. The first-order valence-corrected chi connectivity index (χ1v) is 7.53. The Morgan fingerprint density at radius 1 is 1.30 bits per heavy atom. The second kappa shape index (κ2) is 5.93. The molecule has 106 valence electrons. The van der Waals surface area contributed by atoms with Crippen LogP contribution in [0.4, 0.5) is 0 Å². The van der Waals surface area contributed by atoms with E-state index in [0.717, 1.165) is 11.1 Å². The van der Waals surface area contributed by atoms with Crippen LogP contribution in [0.5, 0.6) is 0 Å². The maximum Gasteiger partial charge on any atom is 0.277 e. The van der Waals surface area contributed by atoms with Gasteiger partial charge in [0.05, 0.1) is 0 Å². The van der Waals surface area contributed by atoms with Gasteiger partial charge in [-0.2, -0.15) is 8.42 Å². The van der Waals surface area contributed by atoms with Crippen LogP contribution in [0, 0.1) is 5.21 Å². The minimum Gasteiger partial charge on any atom is -0.623 e. The Kier molecular flexibility index (Phi) is 4.45.